The first-order valence-corrected chi connectivity index (χ1v) is 7.11. The minimum Gasteiger partial charge on any atom is -0.384 e. The van der Waals surface area contributed by atoms with Gasteiger partial charge in [-0.15, -0.1) is 11.3 Å². The van der Waals surface area contributed by atoms with Gasteiger partial charge in [0, 0.05) is 48.2 Å². The molecule has 3 heterocycles. The lowest BCUT2D eigenvalue weighted by Gasteiger charge is -2.27. The van der Waals surface area contributed by atoms with E-state index < -0.39 is 0 Å². The fourth-order valence-corrected chi connectivity index (χ4v) is 3.12. The molecule has 5 heteroatoms. The largest absolute Gasteiger partial charge is 0.384 e. The number of aliphatic hydroxyl groups excluding tert-OH is 1. The number of fused-ring (bicyclic) bond motifs is 1. The molecule has 3 rings (SSSR count). The molecule has 1 N–H and O–H groups in total. The van der Waals surface area contributed by atoms with E-state index >= 15 is 0 Å². The Bertz CT molecular complexity index is 620. The van der Waals surface area contributed by atoms with Gasteiger partial charge < -0.3 is 9.67 Å². The third-order valence-corrected chi connectivity index (χ3v) is 4.11. The van der Waals surface area contributed by atoms with Crippen LogP contribution in [0, 0.1) is 11.8 Å². The van der Waals surface area contributed by atoms with Crippen LogP contribution in [0.5, 0.6) is 0 Å². The number of aromatic nitrogens is 2. The molecular formula is C14H15N3OS. The summed E-state index contributed by atoms with van der Waals surface area (Å²) in [6.45, 7) is 3.89. The molecule has 0 saturated carbocycles. The predicted molar refractivity (Wildman–Crippen MR) is 74.6 cm³/mol. The van der Waals surface area contributed by atoms with E-state index in [4.69, 9.17) is 5.11 Å². The third-order valence-electron chi connectivity index (χ3n) is 3.19. The first-order chi connectivity index (χ1) is 9.35. The molecule has 0 fully saturated rings. The fraction of sp³-hybridized carbons (Fsp3) is 0.357. The van der Waals surface area contributed by atoms with Gasteiger partial charge in [0.25, 0.3) is 0 Å². The van der Waals surface area contributed by atoms with Gasteiger partial charge in [0.15, 0.2) is 0 Å². The maximum Gasteiger partial charge on any atom is 0.104 e. The molecule has 2 aromatic heterocycles. The van der Waals surface area contributed by atoms with Gasteiger partial charge in [-0.25, -0.2) is 4.98 Å². The lowest BCUT2D eigenvalue weighted by Crippen LogP contribution is -2.32. The average Bonchev–Trinajstić information content (AvgIpc) is 3.05. The Balaban J connectivity index is 1.65. The molecule has 0 unspecified atom stereocenters. The summed E-state index contributed by atoms with van der Waals surface area (Å²) < 4.78 is 2.21. The number of aliphatic hydroxyl groups is 1. The zero-order valence-electron chi connectivity index (χ0n) is 10.5. The van der Waals surface area contributed by atoms with Crippen molar-refractivity contribution in [2.24, 2.45) is 0 Å². The minimum atomic E-state index is -0.0820. The Morgan fingerprint density at radius 3 is 3.26 bits per heavy atom. The van der Waals surface area contributed by atoms with E-state index in [1.165, 1.54) is 10.6 Å². The number of hydrogen-bond acceptors (Lipinski definition) is 4. The molecule has 1 aliphatic heterocycles. The molecule has 1 aliphatic rings. The predicted octanol–water partition coefficient (Wildman–Crippen LogP) is 1.30. The van der Waals surface area contributed by atoms with Crippen molar-refractivity contribution >= 4 is 11.3 Å². The highest BCUT2D eigenvalue weighted by Crippen LogP contribution is 2.19. The zero-order chi connectivity index (χ0) is 13.1. The van der Waals surface area contributed by atoms with E-state index in [1.807, 2.05) is 17.9 Å². The van der Waals surface area contributed by atoms with E-state index in [2.05, 4.69) is 32.4 Å². The number of thiophene rings is 1. The SMILES string of the molecule is OCC#Cc1csc(CN2CCn3cncc3C2)c1. The zero-order valence-corrected chi connectivity index (χ0v) is 11.4. The van der Waals surface area contributed by atoms with Crippen LogP contribution >= 0.6 is 11.3 Å². The van der Waals surface area contributed by atoms with E-state index in [0.717, 1.165) is 31.7 Å². The molecule has 0 atom stereocenters. The molecule has 19 heavy (non-hydrogen) atoms. The standard InChI is InChI=1S/C14H15N3OS/c18-5-1-2-12-6-14(19-10-12)9-16-3-4-17-11-15-7-13(17)8-16/h6-7,10-11,18H,3-5,8-9H2. The van der Waals surface area contributed by atoms with Crippen LogP contribution in [0.15, 0.2) is 24.0 Å². The maximum atomic E-state index is 8.68. The van der Waals surface area contributed by atoms with E-state index in [-0.39, 0.29) is 6.61 Å². The second kappa shape index (κ2) is 5.57. The summed E-state index contributed by atoms with van der Waals surface area (Å²) in [5.41, 5.74) is 2.28. The lowest BCUT2D eigenvalue weighted by molar-refractivity contribution is 0.215. The van der Waals surface area contributed by atoms with Crippen molar-refractivity contribution in [3.63, 3.8) is 0 Å². The van der Waals surface area contributed by atoms with Crippen molar-refractivity contribution in [3.05, 3.63) is 40.1 Å². The highest BCUT2D eigenvalue weighted by Gasteiger charge is 2.16. The highest BCUT2D eigenvalue weighted by molar-refractivity contribution is 7.10. The Hall–Kier alpha value is -1.61. The Kier molecular flexibility index (Phi) is 3.65. The van der Waals surface area contributed by atoms with E-state index in [9.17, 15) is 0 Å². The molecule has 98 valence electrons. The average molecular weight is 273 g/mol. The smallest absolute Gasteiger partial charge is 0.104 e. The first-order valence-electron chi connectivity index (χ1n) is 6.23. The molecule has 2 aromatic rings. The summed E-state index contributed by atoms with van der Waals surface area (Å²) >= 11 is 1.73. The van der Waals surface area contributed by atoms with Gasteiger partial charge in [0.1, 0.15) is 6.61 Å². The number of hydrogen-bond donors (Lipinski definition) is 1. The van der Waals surface area contributed by atoms with Gasteiger partial charge in [-0.05, 0) is 6.07 Å². The van der Waals surface area contributed by atoms with Gasteiger partial charge in [0.2, 0.25) is 0 Å². The highest BCUT2D eigenvalue weighted by atomic mass is 32.1. The minimum absolute atomic E-state index is 0.0820. The van der Waals surface area contributed by atoms with Crippen LogP contribution in [0.25, 0.3) is 0 Å². The van der Waals surface area contributed by atoms with Gasteiger partial charge >= 0.3 is 0 Å². The topological polar surface area (TPSA) is 41.3 Å². The van der Waals surface area contributed by atoms with E-state index in [0.29, 0.717) is 0 Å². The Morgan fingerprint density at radius 1 is 1.42 bits per heavy atom. The van der Waals surface area contributed by atoms with Crippen molar-refractivity contribution in [2.75, 3.05) is 13.2 Å². The van der Waals surface area contributed by atoms with E-state index in [1.54, 1.807) is 11.3 Å². The molecule has 0 aliphatic carbocycles. The lowest BCUT2D eigenvalue weighted by atomic mass is 10.2. The second-order valence-corrected chi connectivity index (χ2v) is 5.55. The van der Waals surface area contributed by atoms with Crippen molar-refractivity contribution in [1.82, 2.24) is 14.5 Å². The molecule has 0 spiro atoms. The van der Waals surface area contributed by atoms with Crippen LogP contribution in [0.1, 0.15) is 16.1 Å². The Morgan fingerprint density at radius 2 is 2.37 bits per heavy atom. The quantitative estimate of drug-likeness (QED) is 0.839. The third kappa shape index (κ3) is 2.87. The van der Waals surface area contributed by atoms with Gasteiger partial charge in [-0.3, -0.25) is 4.90 Å². The number of imidazole rings is 1. The summed E-state index contributed by atoms with van der Waals surface area (Å²) in [5.74, 6) is 5.62. The summed E-state index contributed by atoms with van der Waals surface area (Å²) in [6.07, 6.45) is 3.85. The number of rotatable bonds is 2. The van der Waals surface area contributed by atoms with Crippen LogP contribution in [0.2, 0.25) is 0 Å². The molecular weight excluding hydrogens is 258 g/mol. The van der Waals surface area contributed by atoms with Crippen LogP contribution in [0.3, 0.4) is 0 Å². The Labute approximate surface area is 116 Å². The molecule has 0 radical (unpaired) electrons. The normalized spacial score (nSPS) is 14.8. The summed E-state index contributed by atoms with van der Waals surface area (Å²) in [7, 11) is 0. The van der Waals surface area contributed by atoms with Gasteiger partial charge in [0.05, 0.1) is 12.0 Å². The van der Waals surface area contributed by atoms with Gasteiger partial charge in [-0.2, -0.15) is 0 Å². The van der Waals surface area contributed by atoms with Crippen LogP contribution in [-0.4, -0.2) is 32.7 Å². The first kappa shape index (κ1) is 12.4. The van der Waals surface area contributed by atoms with Crippen molar-refractivity contribution < 1.29 is 5.11 Å². The molecule has 0 aromatic carbocycles. The molecule has 0 bridgehead atoms. The monoisotopic (exact) mass is 273 g/mol. The van der Waals surface area contributed by atoms with Crippen LogP contribution in [-0.2, 0) is 19.6 Å². The van der Waals surface area contributed by atoms with Crippen molar-refractivity contribution in [1.29, 1.82) is 0 Å². The molecule has 0 saturated heterocycles. The fourth-order valence-electron chi connectivity index (χ4n) is 2.26. The van der Waals surface area contributed by atoms with Crippen molar-refractivity contribution in [3.8, 4) is 11.8 Å². The summed E-state index contributed by atoms with van der Waals surface area (Å²) in [4.78, 5) is 7.92. The van der Waals surface area contributed by atoms with Crippen LogP contribution in [0.4, 0.5) is 0 Å². The number of nitrogens with zero attached hydrogens (tertiary/aromatic N) is 3. The maximum absolute atomic E-state index is 8.68. The molecule has 4 nitrogen and oxygen atoms in total. The van der Waals surface area contributed by atoms with Gasteiger partial charge in [-0.1, -0.05) is 11.8 Å². The van der Waals surface area contributed by atoms with Crippen molar-refractivity contribution in [2.45, 2.75) is 19.6 Å². The summed E-state index contributed by atoms with van der Waals surface area (Å²) in [6, 6.07) is 2.11. The summed E-state index contributed by atoms with van der Waals surface area (Å²) in [5, 5.41) is 10.7. The van der Waals surface area contributed by atoms with Crippen LogP contribution < -0.4 is 0 Å². The second-order valence-electron chi connectivity index (χ2n) is 4.55. The molecule has 0 amide bonds.